The number of amides is 1. The summed E-state index contributed by atoms with van der Waals surface area (Å²) in [5.74, 6) is -0.314. The second-order valence-corrected chi connectivity index (χ2v) is 10.1. The van der Waals surface area contributed by atoms with Crippen molar-refractivity contribution in [2.24, 2.45) is 0 Å². The molecule has 0 aliphatic carbocycles. The van der Waals surface area contributed by atoms with Gasteiger partial charge in [0.15, 0.2) is 5.16 Å². The lowest BCUT2D eigenvalue weighted by Gasteiger charge is -2.11. The van der Waals surface area contributed by atoms with Crippen molar-refractivity contribution in [3.8, 4) is 0 Å². The summed E-state index contributed by atoms with van der Waals surface area (Å²) in [7, 11) is -3.88. The van der Waals surface area contributed by atoms with E-state index in [1.807, 2.05) is 6.92 Å². The van der Waals surface area contributed by atoms with Gasteiger partial charge in [0.2, 0.25) is 11.9 Å². The maximum absolute atomic E-state index is 12.7. The van der Waals surface area contributed by atoms with Crippen LogP contribution in [0.2, 0.25) is 0 Å². The number of sulfonamides is 1. The van der Waals surface area contributed by atoms with Gasteiger partial charge in [-0.15, -0.1) is 0 Å². The minimum absolute atomic E-state index is 0.00214. The van der Waals surface area contributed by atoms with Crippen LogP contribution in [0.5, 0.6) is 0 Å². The molecule has 2 heterocycles. The van der Waals surface area contributed by atoms with E-state index in [4.69, 9.17) is 0 Å². The van der Waals surface area contributed by atoms with Crippen LogP contribution in [0.3, 0.4) is 0 Å². The molecule has 0 fully saturated rings. The van der Waals surface area contributed by atoms with Crippen LogP contribution < -0.4 is 15.6 Å². The number of carbonyl (C=O) groups is 1. The van der Waals surface area contributed by atoms with Gasteiger partial charge in [-0.3, -0.25) is 14.2 Å². The highest BCUT2D eigenvalue weighted by molar-refractivity contribution is 7.99. The van der Waals surface area contributed by atoms with Crippen molar-refractivity contribution in [2.45, 2.75) is 30.4 Å². The summed E-state index contributed by atoms with van der Waals surface area (Å²) in [5.41, 5.74) is 1.48. The Morgan fingerprint density at radius 3 is 2.51 bits per heavy atom. The van der Waals surface area contributed by atoms with Gasteiger partial charge >= 0.3 is 0 Å². The molecule has 10 nitrogen and oxygen atoms in total. The topological polar surface area (TPSA) is 136 Å². The van der Waals surface area contributed by atoms with E-state index in [0.717, 1.165) is 11.8 Å². The number of benzene rings is 2. The lowest BCUT2D eigenvalue weighted by molar-refractivity contribution is -0.113. The average molecular weight is 511 g/mol. The maximum Gasteiger partial charge on any atom is 0.264 e. The quantitative estimate of drug-likeness (QED) is 0.273. The summed E-state index contributed by atoms with van der Waals surface area (Å²) >= 11 is 1.16. The normalized spacial score (nSPS) is 11.4. The van der Waals surface area contributed by atoms with E-state index in [1.165, 1.54) is 35.0 Å². The monoisotopic (exact) mass is 510 g/mol. The van der Waals surface area contributed by atoms with E-state index in [-0.39, 0.29) is 28.1 Å². The summed E-state index contributed by atoms with van der Waals surface area (Å²) in [6, 6.07) is 14.5. The highest BCUT2D eigenvalue weighted by atomic mass is 32.2. The van der Waals surface area contributed by atoms with Crippen LogP contribution in [0.4, 0.5) is 11.6 Å². The van der Waals surface area contributed by atoms with Crippen LogP contribution in [0, 0.1) is 6.92 Å². The third-order valence-electron chi connectivity index (χ3n) is 4.94. The number of carbonyl (C=O) groups excluding carboxylic acids is 1. The Balaban J connectivity index is 1.42. The van der Waals surface area contributed by atoms with E-state index in [1.54, 1.807) is 37.3 Å². The van der Waals surface area contributed by atoms with Crippen molar-refractivity contribution in [3.05, 3.63) is 76.8 Å². The molecule has 0 radical (unpaired) electrons. The molecule has 0 aliphatic rings. The Bertz CT molecular complexity index is 1550. The van der Waals surface area contributed by atoms with Gasteiger partial charge in [-0.05, 0) is 56.3 Å². The van der Waals surface area contributed by atoms with Gasteiger partial charge in [-0.1, -0.05) is 23.9 Å². The summed E-state index contributed by atoms with van der Waals surface area (Å²) < 4.78 is 29.0. The van der Waals surface area contributed by atoms with E-state index < -0.39 is 10.0 Å². The van der Waals surface area contributed by atoms with Crippen molar-refractivity contribution in [1.82, 2.24) is 19.5 Å². The highest BCUT2D eigenvalue weighted by Gasteiger charge is 2.16. The molecule has 0 spiro atoms. The zero-order valence-electron chi connectivity index (χ0n) is 18.9. The van der Waals surface area contributed by atoms with Crippen molar-refractivity contribution < 1.29 is 13.2 Å². The van der Waals surface area contributed by atoms with Crippen LogP contribution >= 0.6 is 11.8 Å². The fourth-order valence-electron chi connectivity index (χ4n) is 3.26. The van der Waals surface area contributed by atoms with Crippen LogP contribution in [0.15, 0.2) is 75.6 Å². The Morgan fingerprint density at radius 2 is 1.80 bits per heavy atom. The van der Waals surface area contributed by atoms with E-state index in [0.29, 0.717) is 34.0 Å². The fourth-order valence-corrected chi connectivity index (χ4v) is 5.07. The molecule has 35 heavy (non-hydrogen) atoms. The summed E-state index contributed by atoms with van der Waals surface area (Å²) in [5, 5.41) is 3.71. The van der Waals surface area contributed by atoms with E-state index >= 15 is 0 Å². The summed E-state index contributed by atoms with van der Waals surface area (Å²) in [6.45, 7) is 4.00. The Hall–Kier alpha value is -3.77. The molecule has 0 saturated carbocycles. The van der Waals surface area contributed by atoms with Gasteiger partial charge in [-0.2, -0.15) is 0 Å². The smallest absolute Gasteiger partial charge is 0.264 e. The van der Waals surface area contributed by atoms with Crippen LogP contribution in [0.25, 0.3) is 10.9 Å². The maximum atomic E-state index is 12.7. The molecule has 180 valence electrons. The molecule has 2 N–H and O–H groups in total. The first kappa shape index (κ1) is 24.4. The molecule has 12 heteroatoms. The SMILES string of the molecule is CCn1c(SCC(=O)Nc2ccc(S(=O)(=O)Nc3nccc(C)n3)cc2)nc2ccccc2c1=O. The number of aryl methyl sites for hydroxylation is 1. The number of hydrogen-bond donors (Lipinski definition) is 2. The minimum Gasteiger partial charge on any atom is -0.325 e. The molecule has 1 amide bonds. The fraction of sp³-hybridized carbons (Fsp3) is 0.174. The average Bonchev–Trinajstić information content (AvgIpc) is 2.83. The van der Waals surface area contributed by atoms with Gasteiger partial charge in [0.1, 0.15) is 0 Å². The van der Waals surface area contributed by atoms with Gasteiger partial charge < -0.3 is 5.32 Å². The molecule has 0 saturated heterocycles. The predicted octanol–water partition coefficient (Wildman–Crippen LogP) is 3.05. The van der Waals surface area contributed by atoms with Crippen molar-refractivity contribution in [1.29, 1.82) is 0 Å². The molecule has 4 rings (SSSR count). The van der Waals surface area contributed by atoms with Crippen molar-refractivity contribution >= 4 is 50.2 Å². The molecule has 0 bridgehead atoms. The van der Waals surface area contributed by atoms with Crippen LogP contribution in [-0.2, 0) is 21.4 Å². The highest BCUT2D eigenvalue weighted by Crippen LogP contribution is 2.20. The Morgan fingerprint density at radius 1 is 1.06 bits per heavy atom. The second kappa shape index (κ2) is 10.2. The van der Waals surface area contributed by atoms with Gasteiger partial charge in [0.05, 0.1) is 21.6 Å². The zero-order chi connectivity index (χ0) is 25.0. The van der Waals surface area contributed by atoms with Gasteiger partial charge in [0, 0.05) is 24.1 Å². The van der Waals surface area contributed by atoms with Crippen molar-refractivity contribution in [3.63, 3.8) is 0 Å². The minimum atomic E-state index is -3.88. The first-order chi connectivity index (χ1) is 16.8. The van der Waals surface area contributed by atoms with Crippen molar-refractivity contribution in [2.75, 3.05) is 15.8 Å². The molecule has 0 atom stereocenters. The van der Waals surface area contributed by atoms with Gasteiger partial charge in [-0.25, -0.2) is 28.1 Å². The number of nitrogens with one attached hydrogen (secondary N) is 2. The number of fused-ring (bicyclic) bond motifs is 1. The number of para-hydroxylation sites is 1. The Kier molecular flexibility index (Phi) is 7.12. The second-order valence-electron chi connectivity index (χ2n) is 7.45. The first-order valence-electron chi connectivity index (χ1n) is 10.6. The molecule has 0 unspecified atom stereocenters. The third kappa shape index (κ3) is 5.66. The number of hydrogen-bond acceptors (Lipinski definition) is 8. The van der Waals surface area contributed by atoms with Gasteiger partial charge in [0.25, 0.3) is 15.6 Å². The Labute approximate surface area is 205 Å². The molecular formula is C23H22N6O4S2. The predicted molar refractivity (Wildman–Crippen MR) is 135 cm³/mol. The number of rotatable bonds is 8. The first-order valence-corrected chi connectivity index (χ1v) is 13.1. The van der Waals surface area contributed by atoms with Crippen LogP contribution in [0.1, 0.15) is 12.6 Å². The number of thioether (sulfide) groups is 1. The van der Waals surface area contributed by atoms with E-state index in [2.05, 4.69) is 25.0 Å². The third-order valence-corrected chi connectivity index (χ3v) is 7.26. The summed E-state index contributed by atoms with van der Waals surface area (Å²) in [6.07, 6.45) is 1.46. The van der Waals surface area contributed by atoms with Crippen LogP contribution in [-0.4, -0.2) is 39.6 Å². The largest absolute Gasteiger partial charge is 0.325 e. The number of aromatic nitrogens is 4. The lowest BCUT2D eigenvalue weighted by atomic mass is 10.2. The number of nitrogens with zero attached hydrogens (tertiary/aromatic N) is 4. The molecule has 0 aliphatic heterocycles. The molecule has 2 aromatic carbocycles. The molecule has 2 aromatic heterocycles. The number of anilines is 2. The summed E-state index contributed by atoms with van der Waals surface area (Å²) in [4.78, 5) is 37.7. The van der Waals surface area contributed by atoms with E-state index in [9.17, 15) is 18.0 Å². The molecular weight excluding hydrogens is 488 g/mol. The molecule has 4 aromatic rings. The standard InChI is InChI=1S/C23H22N6O4S2/c1-3-29-21(31)18-6-4-5-7-19(18)27-23(29)34-14-20(30)26-16-8-10-17(11-9-16)35(32,33)28-22-24-13-12-15(2)25-22/h4-13H,3,14H2,1-2H3,(H,26,30)(H,24,25,28). The lowest BCUT2D eigenvalue weighted by Crippen LogP contribution is -2.23. The zero-order valence-corrected chi connectivity index (χ0v) is 20.6.